The maximum Gasteiger partial charge on any atom is 0.404 e. The fourth-order valence-corrected chi connectivity index (χ4v) is 4.34. The summed E-state index contributed by atoms with van der Waals surface area (Å²) in [6.45, 7) is 2.41. The average molecular weight is 539 g/mol. The van der Waals surface area contributed by atoms with Gasteiger partial charge in [0.05, 0.1) is 34.9 Å². The number of nitrogens with zero attached hydrogens (tertiary/aromatic N) is 3. The van der Waals surface area contributed by atoms with Crippen molar-refractivity contribution < 1.29 is 33.5 Å². The summed E-state index contributed by atoms with van der Waals surface area (Å²) >= 11 is 0. The highest BCUT2D eigenvalue weighted by Gasteiger charge is 2.40. The predicted octanol–water partition coefficient (Wildman–Crippen LogP) is 3.05. The summed E-state index contributed by atoms with van der Waals surface area (Å²) in [5.41, 5.74) is 6.62. The lowest BCUT2D eigenvalue weighted by Gasteiger charge is -2.36. The summed E-state index contributed by atoms with van der Waals surface area (Å²) in [6, 6.07) is 15.6. The van der Waals surface area contributed by atoms with Crippen LogP contribution in [0.1, 0.15) is 24.0 Å². The first-order valence-corrected chi connectivity index (χ1v) is 12.0. The number of carbonyl (C=O) groups excluding carboxylic acids is 3. The van der Waals surface area contributed by atoms with Crippen LogP contribution in [0.25, 0.3) is 0 Å². The van der Waals surface area contributed by atoms with E-state index >= 15 is 0 Å². The van der Waals surface area contributed by atoms with Crippen LogP contribution in [-0.2, 0) is 30.3 Å². The van der Waals surface area contributed by atoms with E-state index < -0.39 is 29.5 Å². The molecule has 1 aliphatic rings. The minimum atomic E-state index is -1.12. The van der Waals surface area contributed by atoms with E-state index in [0.717, 1.165) is 17.6 Å². The van der Waals surface area contributed by atoms with Crippen molar-refractivity contribution in [1.82, 2.24) is 9.80 Å². The molecule has 206 valence electrons. The molecule has 1 unspecified atom stereocenters. The number of nitro groups is 1. The number of rotatable bonds is 12. The number of methoxy groups -OCH3 is 1. The number of nitro benzene ring substituents is 1. The van der Waals surface area contributed by atoms with Crippen molar-refractivity contribution in [3.63, 3.8) is 0 Å². The van der Waals surface area contributed by atoms with E-state index in [1.165, 1.54) is 18.2 Å². The quantitative estimate of drug-likeness (QED) is 0.186. The second-order valence-electron chi connectivity index (χ2n) is 8.74. The van der Waals surface area contributed by atoms with E-state index in [1.54, 1.807) is 13.0 Å². The van der Waals surface area contributed by atoms with Gasteiger partial charge < -0.3 is 19.9 Å². The summed E-state index contributed by atoms with van der Waals surface area (Å²) in [5.74, 6) is -1.62. The van der Waals surface area contributed by atoms with Crippen LogP contribution in [0, 0.1) is 10.1 Å². The van der Waals surface area contributed by atoms with Crippen molar-refractivity contribution in [3.8, 4) is 0 Å². The number of ether oxygens (including phenoxy) is 3. The Morgan fingerprint density at radius 2 is 1.90 bits per heavy atom. The molecular weight excluding hydrogens is 508 g/mol. The zero-order valence-corrected chi connectivity index (χ0v) is 21.9. The summed E-state index contributed by atoms with van der Waals surface area (Å²) < 4.78 is 16.1. The van der Waals surface area contributed by atoms with Gasteiger partial charge in [0.2, 0.25) is 6.41 Å². The van der Waals surface area contributed by atoms with Crippen LogP contribution in [-0.4, -0.2) is 67.1 Å². The Bertz CT molecular complexity index is 1290. The van der Waals surface area contributed by atoms with Crippen molar-refractivity contribution in [3.05, 3.63) is 98.6 Å². The van der Waals surface area contributed by atoms with E-state index in [9.17, 15) is 24.5 Å². The van der Waals surface area contributed by atoms with Gasteiger partial charge in [-0.25, -0.2) is 9.59 Å². The third kappa shape index (κ3) is 6.99. The highest BCUT2D eigenvalue weighted by Crippen LogP contribution is 2.43. The van der Waals surface area contributed by atoms with Crippen LogP contribution in [0.2, 0.25) is 0 Å². The van der Waals surface area contributed by atoms with Gasteiger partial charge in [0, 0.05) is 25.2 Å². The Labute approximate surface area is 225 Å². The average Bonchev–Trinajstić information content (AvgIpc) is 2.92. The molecule has 0 radical (unpaired) electrons. The number of amides is 2. The van der Waals surface area contributed by atoms with Crippen molar-refractivity contribution in [2.75, 3.05) is 33.9 Å². The van der Waals surface area contributed by atoms with Crippen LogP contribution in [0.5, 0.6) is 0 Å². The molecule has 0 bridgehead atoms. The first kappa shape index (κ1) is 28.9. The molecule has 12 nitrogen and oxygen atoms in total. The molecule has 1 heterocycles. The molecule has 0 spiro atoms. The topological polar surface area (TPSA) is 155 Å². The molecule has 1 aliphatic heterocycles. The second-order valence-corrected chi connectivity index (χ2v) is 8.74. The second kappa shape index (κ2) is 13.2. The van der Waals surface area contributed by atoms with E-state index in [2.05, 4.69) is 0 Å². The maximum absolute atomic E-state index is 13.1. The molecule has 2 amide bonds. The lowest BCUT2D eigenvalue weighted by molar-refractivity contribution is -0.384. The van der Waals surface area contributed by atoms with Crippen molar-refractivity contribution in [1.29, 1.82) is 0 Å². The molecule has 0 saturated heterocycles. The number of carbonyl (C=O) groups is 3. The van der Waals surface area contributed by atoms with Crippen molar-refractivity contribution >= 4 is 24.2 Å². The van der Waals surface area contributed by atoms with Gasteiger partial charge in [0.1, 0.15) is 19.0 Å². The zero-order chi connectivity index (χ0) is 28.5. The molecule has 2 aromatic carbocycles. The number of hydrogen-bond donors (Lipinski definition) is 1. The Hall–Kier alpha value is -4.71. The van der Waals surface area contributed by atoms with Crippen LogP contribution in [0.15, 0.2) is 77.3 Å². The summed E-state index contributed by atoms with van der Waals surface area (Å²) in [5, 5.41) is 11.5. The maximum atomic E-state index is 13.1. The minimum Gasteiger partial charge on any atom is -0.494 e. The molecule has 2 N–H and O–H groups in total. The third-order valence-corrected chi connectivity index (χ3v) is 6.17. The minimum absolute atomic E-state index is 0.00167. The van der Waals surface area contributed by atoms with Crippen molar-refractivity contribution in [2.24, 2.45) is 5.73 Å². The molecule has 0 aromatic heterocycles. The molecule has 12 heteroatoms. The van der Waals surface area contributed by atoms with Gasteiger partial charge in [-0.05, 0) is 25.1 Å². The normalized spacial score (nSPS) is 15.3. The van der Waals surface area contributed by atoms with E-state index in [4.69, 9.17) is 19.9 Å². The number of primary amides is 1. The Morgan fingerprint density at radius 3 is 2.51 bits per heavy atom. The monoisotopic (exact) mass is 538 g/mol. The standard InChI is InChI=1S/C27H30N4O8/c1-18-25(38-13-12-29(2)15-19-8-5-4-6-9-19)23(20-10-7-11-21(14-20)31(35)36)24(26(33)37-3)22(30(18)17-32)16-39-27(28)34/h4-11,14,17,23H,12-13,15-16H2,1-3H3,(H2,28,34). The largest absolute Gasteiger partial charge is 0.494 e. The SMILES string of the molecule is COC(=O)C1=C(COC(N)=O)N(C=O)C(C)=C(OCCN(C)Cc2ccccc2)C1c1cccc([N+](=O)[O-])c1. The molecule has 3 rings (SSSR count). The van der Waals surface area contributed by atoms with Crippen LogP contribution in [0.4, 0.5) is 10.5 Å². The van der Waals surface area contributed by atoms with Gasteiger partial charge in [0.15, 0.2) is 0 Å². The molecule has 39 heavy (non-hydrogen) atoms. The zero-order valence-electron chi connectivity index (χ0n) is 21.9. The molecule has 0 fully saturated rings. The van der Waals surface area contributed by atoms with Crippen LogP contribution < -0.4 is 5.73 Å². The van der Waals surface area contributed by atoms with Gasteiger partial charge >= 0.3 is 12.1 Å². The van der Waals surface area contributed by atoms with Crippen molar-refractivity contribution in [2.45, 2.75) is 19.4 Å². The Balaban J connectivity index is 2.03. The molecule has 0 saturated carbocycles. The van der Waals surface area contributed by atoms with Gasteiger partial charge in [0.25, 0.3) is 5.69 Å². The first-order valence-electron chi connectivity index (χ1n) is 12.0. The highest BCUT2D eigenvalue weighted by molar-refractivity contribution is 5.93. The fourth-order valence-electron chi connectivity index (χ4n) is 4.34. The van der Waals surface area contributed by atoms with Crippen LogP contribution >= 0.6 is 0 Å². The van der Waals surface area contributed by atoms with Gasteiger partial charge in [-0.1, -0.05) is 42.5 Å². The Kier molecular flexibility index (Phi) is 9.76. The number of benzene rings is 2. The molecule has 0 aliphatic carbocycles. The van der Waals surface area contributed by atoms with Crippen LogP contribution in [0.3, 0.4) is 0 Å². The third-order valence-electron chi connectivity index (χ3n) is 6.17. The summed E-state index contributed by atoms with van der Waals surface area (Å²) in [7, 11) is 3.08. The van der Waals surface area contributed by atoms with Gasteiger partial charge in [-0.2, -0.15) is 0 Å². The molecular formula is C27H30N4O8. The number of esters is 1. The number of hydrogen-bond acceptors (Lipinski definition) is 9. The fraction of sp³-hybridized carbons (Fsp3) is 0.296. The number of non-ortho nitro benzene ring substituents is 1. The number of allylic oxidation sites excluding steroid dienone is 2. The first-order chi connectivity index (χ1) is 18.7. The number of nitrogens with two attached hydrogens (primary N) is 1. The molecule has 1 atom stereocenters. The lowest BCUT2D eigenvalue weighted by Crippen LogP contribution is -2.36. The Morgan fingerprint density at radius 1 is 1.18 bits per heavy atom. The predicted molar refractivity (Wildman–Crippen MR) is 140 cm³/mol. The summed E-state index contributed by atoms with van der Waals surface area (Å²) in [4.78, 5) is 50.8. The van der Waals surface area contributed by atoms with E-state index in [0.29, 0.717) is 30.8 Å². The summed E-state index contributed by atoms with van der Waals surface area (Å²) in [6.07, 6.45) is -0.665. The molecule has 2 aromatic rings. The smallest absolute Gasteiger partial charge is 0.404 e. The number of likely N-dealkylation sites (N-methyl/N-ethyl adjacent to an activating group) is 1. The highest BCUT2D eigenvalue weighted by atomic mass is 16.6. The van der Waals surface area contributed by atoms with Gasteiger partial charge in [-0.3, -0.25) is 24.7 Å². The lowest BCUT2D eigenvalue weighted by atomic mass is 9.84. The van der Waals surface area contributed by atoms with E-state index in [-0.39, 0.29) is 29.3 Å². The van der Waals surface area contributed by atoms with Gasteiger partial charge in [-0.15, -0.1) is 0 Å². The van der Waals surface area contributed by atoms with E-state index in [1.807, 2.05) is 42.3 Å².